The van der Waals surface area contributed by atoms with E-state index in [1.807, 2.05) is 0 Å². The summed E-state index contributed by atoms with van der Waals surface area (Å²) in [5.41, 5.74) is -0.548. The van der Waals surface area contributed by atoms with Crippen LogP contribution in [-0.2, 0) is 0 Å². The second kappa shape index (κ2) is 3.55. The average molecular weight is 254 g/mol. The van der Waals surface area contributed by atoms with Crippen LogP contribution in [0.2, 0.25) is 0 Å². The van der Waals surface area contributed by atoms with Crippen LogP contribution in [0.3, 0.4) is 0 Å². The molecule has 92 valence electrons. The molecule has 2 aromatic rings. The number of hydrogen-bond acceptors (Lipinski definition) is 1. The van der Waals surface area contributed by atoms with Gasteiger partial charge in [0.05, 0.1) is 0 Å². The van der Waals surface area contributed by atoms with Gasteiger partial charge in [-0.15, -0.1) is 0 Å². The van der Waals surface area contributed by atoms with E-state index < -0.39 is 40.5 Å². The van der Waals surface area contributed by atoms with Gasteiger partial charge in [-0.05, 0) is 11.1 Å². The number of aliphatic hydroxyl groups is 1. The molecule has 0 bridgehead atoms. The minimum atomic E-state index is -1.90. The van der Waals surface area contributed by atoms with Crippen LogP contribution in [0, 0.1) is 23.3 Å². The van der Waals surface area contributed by atoms with Crippen molar-refractivity contribution < 1.29 is 22.7 Å². The maximum Gasteiger partial charge on any atom is 0.198 e. The largest absolute Gasteiger partial charge is 0.383 e. The fraction of sp³-hybridized carbons (Fsp3) is 0.0769. The summed E-state index contributed by atoms with van der Waals surface area (Å²) in [6.45, 7) is 0. The van der Waals surface area contributed by atoms with Gasteiger partial charge in [-0.1, -0.05) is 24.3 Å². The summed E-state index contributed by atoms with van der Waals surface area (Å²) in [4.78, 5) is 0. The fourth-order valence-electron chi connectivity index (χ4n) is 2.29. The van der Waals surface area contributed by atoms with Gasteiger partial charge in [0, 0.05) is 11.1 Å². The molecular formula is C13H6F4O. The van der Waals surface area contributed by atoms with E-state index in [1.165, 1.54) is 12.1 Å². The van der Waals surface area contributed by atoms with E-state index in [0.717, 1.165) is 0 Å². The second-order valence-electron chi connectivity index (χ2n) is 4.03. The fourth-order valence-corrected chi connectivity index (χ4v) is 2.29. The van der Waals surface area contributed by atoms with E-state index >= 15 is 0 Å². The van der Waals surface area contributed by atoms with Crippen molar-refractivity contribution in [2.24, 2.45) is 0 Å². The highest BCUT2D eigenvalue weighted by Gasteiger charge is 2.36. The zero-order valence-electron chi connectivity index (χ0n) is 8.85. The van der Waals surface area contributed by atoms with Crippen molar-refractivity contribution in [1.29, 1.82) is 0 Å². The molecule has 5 heteroatoms. The molecule has 0 radical (unpaired) electrons. The lowest BCUT2D eigenvalue weighted by molar-refractivity contribution is 0.217. The third-order valence-corrected chi connectivity index (χ3v) is 3.10. The van der Waals surface area contributed by atoms with Crippen molar-refractivity contribution in [2.75, 3.05) is 0 Å². The van der Waals surface area contributed by atoms with Gasteiger partial charge in [-0.2, -0.15) is 0 Å². The van der Waals surface area contributed by atoms with Crippen LogP contribution in [0.4, 0.5) is 17.6 Å². The molecule has 1 atom stereocenters. The van der Waals surface area contributed by atoms with Crippen LogP contribution in [0.5, 0.6) is 0 Å². The van der Waals surface area contributed by atoms with Gasteiger partial charge in [-0.25, -0.2) is 17.6 Å². The lowest BCUT2D eigenvalue weighted by Gasteiger charge is -2.08. The lowest BCUT2D eigenvalue weighted by Crippen LogP contribution is -2.05. The highest BCUT2D eigenvalue weighted by molar-refractivity contribution is 5.78. The van der Waals surface area contributed by atoms with Crippen molar-refractivity contribution in [2.45, 2.75) is 6.10 Å². The summed E-state index contributed by atoms with van der Waals surface area (Å²) in [6, 6.07) is 5.98. The Labute approximate surface area is 99.3 Å². The van der Waals surface area contributed by atoms with E-state index in [-0.39, 0.29) is 11.1 Å². The molecule has 3 rings (SSSR count). The van der Waals surface area contributed by atoms with Crippen LogP contribution < -0.4 is 0 Å². The van der Waals surface area contributed by atoms with Crippen molar-refractivity contribution in [3.8, 4) is 11.1 Å². The predicted molar refractivity (Wildman–Crippen MR) is 55.8 cm³/mol. The van der Waals surface area contributed by atoms with Crippen LogP contribution in [0.25, 0.3) is 11.1 Å². The van der Waals surface area contributed by atoms with Crippen molar-refractivity contribution in [1.82, 2.24) is 0 Å². The zero-order valence-corrected chi connectivity index (χ0v) is 8.85. The number of halogens is 4. The minimum Gasteiger partial charge on any atom is -0.383 e. The highest BCUT2D eigenvalue weighted by atomic mass is 19.2. The number of aliphatic hydroxyl groups excluding tert-OH is 1. The first-order valence-electron chi connectivity index (χ1n) is 5.17. The van der Waals surface area contributed by atoms with E-state index in [1.54, 1.807) is 12.1 Å². The topological polar surface area (TPSA) is 20.2 Å². The van der Waals surface area contributed by atoms with E-state index in [0.29, 0.717) is 0 Å². The average Bonchev–Trinajstić information content (AvgIpc) is 2.68. The van der Waals surface area contributed by atoms with Crippen LogP contribution >= 0.6 is 0 Å². The number of rotatable bonds is 0. The summed E-state index contributed by atoms with van der Waals surface area (Å²) in [5.74, 6) is -6.80. The number of fused-ring (bicyclic) bond motifs is 3. The maximum atomic E-state index is 13.7. The van der Waals surface area contributed by atoms with Gasteiger partial charge < -0.3 is 5.11 Å². The molecule has 0 fully saturated rings. The van der Waals surface area contributed by atoms with Gasteiger partial charge >= 0.3 is 0 Å². The number of hydrogen-bond donors (Lipinski definition) is 1. The normalized spacial score (nSPS) is 16.6. The first-order valence-corrected chi connectivity index (χ1v) is 5.17. The molecule has 1 aliphatic carbocycles. The van der Waals surface area contributed by atoms with Crippen molar-refractivity contribution in [3.05, 3.63) is 58.7 Å². The highest BCUT2D eigenvalue weighted by Crippen LogP contribution is 2.46. The summed E-state index contributed by atoms with van der Waals surface area (Å²) in [6.07, 6.45) is -1.49. The minimum absolute atomic E-state index is 0.176. The molecule has 2 aromatic carbocycles. The van der Waals surface area contributed by atoms with E-state index in [4.69, 9.17) is 0 Å². The van der Waals surface area contributed by atoms with Crippen LogP contribution in [-0.4, -0.2) is 5.11 Å². The van der Waals surface area contributed by atoms with Gasteiger partial charge in [0.25, 0.3) is 0 Å². The molecule has 0 saturated heterocycles. The smallest absolute Gasteiger partial charge is 0.198 e. The SMILES string of the molecule is O[C@H]1c2ccccc2-c2c(F)c(F)c(F)c(F)c21. The van der Waals surface area contributed by atoms with Crippen molar-refractivity contribution >= 4 is 0 Å². The summed E-state index contributed by atoms with van der Waals surface area (Å²) in [5, 5.41) is 9.86. The monoisotopic (exact) mass is 254 g/mol. The molecule has 1 aliphatic rings. The quantitative estimate of drug-likeness (QED) is 0.434. The standard InChI is InChI=1S/C13H6F4O/c14-9-7-5-3-1-2-4-6(5)13(18)8(7)10(15)12(17)11(9)16/h1-4,13,18H/t13-/m0/s1. The molecule has 0 unspecified atom stereocenters. The molecular weight excluding hydrogens is 248 g/mol. The Morgan fingerprint density at radius 3 is 2.17 bits per heavy atom. The zero-order chi connectivity index (χ0) is 13.0. The Kier molecular flexibility index (Phi) is 2.22. The Morgan fingerprint density at radius 2 is 1.44 bits per heavy atom. The molecule has 0 aromatic heterocycles. The molecule has 18 heavy (non-hydrogen) atoms. The summed E-state index contributed by atoms with van der Waals surface area (Å²) >= 11 is 0. The molecule has 1 nitrogen and oxygen atoms in total. The Bertz CT molecular complexity index is 667. The molecule has 0 amide bonds. The Morgan fingerprint density at radius 1 is 0.833 bits per heavy atom. The van der Waals surface area contributed by atoms with E-state index in [2.05, 4.69) is 0 Å². The predicted octanol–water partition coefficient (Wildman–Crippen LogP) is 3.31. The molecule has 1 N–H and O–H groups in total. The molecule has 0 saturated carbocycles. The first-order chi connectivity index (χ1) is 8.54. The third-order valence-electron chi connectivity index (χ3n) is 3.10. The molecule has 0 aliphatic heterocycles. The summed E-state index contributed by atoms with van der Waals surface area (Å²) in [7, 11) is 0. The molecule has 0 heterocycles. The van der Waals surface area contributed by atoms with Gasteiger partial charge in [0.15, 0.2) is 23.3 Å². The van der Waals surface area contributed by atoms with E-state index in [9.17, 15) is 22.7 Å². The second-order valence-corrected chi connectivity index (χ2v) is 4.03. The third kappa shape index (κ3) is 1.19. The van der Waals surface area contributed by atoms with Crippen molar-refractivity contribution in [3.63, 3.8) is 0 Å². The lowest BCUT2D eigenvalue weighted by atomic mass is 10.0. The molecule has 0 spiro atoms. The Hall–Kier alpha value is -1.88. The first kappa shape index (κ1) is 11.2. The van der Waals surface area contributed by atoms with Gasteiger partial charge in [-0.3, -0.25) is 0 Å². The van der Waals surface area contributed by atoms with Crippen LogP contribution in [0.15, 0.2) is 24.3 Å². The van der Waals surface area contributed by atoms with Crippen LogP contribution in [0.1, 0.15) is 17.2 Å². The Balaban J connectivity index is 2.47. The number of benzene rings is 2. The van der Waals surface area contributed by atoms with Gasteiger partial charge in [0.2, 0.25) is 0 Å². The van der Waals surface area contributed by atoms with Gasteiger partial charge in [0.1, 0.15) is 6.10 Å². The maximum absolute atomic E-state index is 13.7. The summed E-state index contributed by atoms with van der Waals surface area (Å²) < 4.78 is 53.7.